The molecule has 8 heteroatoms. The van der Waals surface area contributed by atoms with Crippen LogP contribution >= 0.6 is 0 Å². The number of ether oxygens (including phenoxy) is 3. The van der Waals surface area contributed by atoms with Crippen molar-refractivity contribution in [2.24, 2.45) is 0 Å². The molecule has 2 saturated heterocycles. The van der Waals surface area contributed by atoms with E-state index in [0.29, 0.717) is 13.3 Å². The molecule has 0 radical (unpaired) electrons. The summed E-state index contributed by atoms with van der Waals surface area (Å²) in [7, 11) is 0. The highest BCUT2D eigenvalue weighted by Gasteiger charge is 2.22. The Morgan fingerprint density at radius 3 is 2.57 bits per heavy atom. The summed E-state index contributed by atoms with van der Waals surface area (Å²) in [6.45, 7) is 10.4. The Balaban J connectivity index is 1.13. The molecule has 0 unspecified atom stereocenters. The first-order chi connectivity index (χ1) is 13.8. The Morgan fingerprint density at radius 1 is 0.964 bits per heavy atom. The topological polar surface area (TPSA) is 66.5 Å². The van der Waals surface area contributed by atoms with Crippen LogP contribution in [0.1, 0.15) is 5.56 Å². The van der Waals surface area contributed by atoms with Crippen LogP contribution in [-0.2, 0) is 16.1 Å². The van der Waals surface area contributed by atoms with Crippen LogP contribution < -0.4 is 14.8 Å². The minimum Gasteiger partial charge on any atom is -0.454 e. The second-order valence-corrected chi connectivity index (χ2v) is 7.48. The molecule has 28 heavy (non-hydrogen) atoms. The number of morpholine rings is 1. The van der Waals surface area contributed by atoms with E-state index in [1.54, 1.807) is 0 Å². The van der Waals surface area contributed by atoms with Gasteiger partial charge in [0.25, 0.3) is 0 Å². The maximum atomic E-state index is 12.4. The van der Waals surface area contributed by atoms with Gasteiger partial charge in [-0.2, -0.15) is 0 Å². The minimum atomic E-state index is 0.199. The Hall–Kier alpha value is -1.87. The highest BCUT2D eigenvalue weighted by molar-refractivity contribution is 5.78. The first-order valence-electron chi connectivity index (χ1n) is 10.2. The standard InChI is InChI=1S/C20H30N4O4/c25-20(14-21-3-4-22-9-11-26-12-10-22)24-7-5-23(6-8-24)15-17-1-2-18-19(13-17)28-16-27-18/h1-2,13,21H,3-12,14-16H2. The first-order valence-corrected chi connectivity index (χ1v) is 10.2. The summed E-state index contributed by atoms with van der Waals surface area (Å²) < 4.78 is 16.2. The Morgan fingerprint density at radius 2 is 1.75 bits per heavy atom. The van der Waals surface area contributed by atoms with Gasteiger partial charge in [-0.1, -0.05) is 6.07 Å². The van der Waals surface area contributed by atoms with Crippen LogP contribution in [0, 0.1) is 0 Å². The number of benzene rings is 1. The van der Waals surface area contributed by atoms with Crippen molar-refractivity contribution in [1.82, 2.24) is 20.0 Å². The molecule has 4 rings (SSSR count). The van der Waals surface area contributed by atoms with Crippen LogP contribution in [-0.4, -0.2) is 99.5 Å². The molecule has 3 aliphatic heterocycles. The van der Waals surface area contributed by atoms with Gasteiger partial charge in [0.2, 0.25) is 12.7 Å². The molecule has 0 atom stereocenters. The van der Waals surface area contributed by atoms with Gasteiger partial charge >= 0.3 is 0 Å². The number of hydrogen-bond donors (Lipinski definition) is 1. The Bertz CT molecular complexity index is 658. The van der Waals surface area contributed by atoms with Crippen LogP contribution in [0.25, 0.3) is 0 Å². The average Bonchev–Trinajstić information content (AvgIpc) is 3.20. The van der Waals surface area contributed by atoms with Gasteiger partial charge in [0.1, 0.15) is 0 Å². The molecule has 1 aromatic carbocycles. The summed E-state index contributed by atoms with van der Waals surface area (Å²) in [5.41, 5.74) is 1.22. The van der Waals surface area contributed by atoms with Crippen molar-refractivity contribution in [2.75, 3.05) is 78.9 Å². The number of carbonyl (C=O) groups is 1. The van der Waals surface area contributed by atoms with Crippen molar-refractivity contribution in [2.45, 2.75) is 6.54 Å². The van der Waals surface area contributed by atoms with Gasteiger partial charge in [0.05, 0.1) is 19.8 Å². The SMILES string of the molecule is O=C(CNCCN1CCOCC1)N1CCN(Cc2ccc3c(c2)OCO3)CC1. The normalized spacial score (nSPS) is 20.5. The average molecular weight is 390 g/mol. The second kappa shape index (κ2) is 9.56. The lowest BCUT2D eigenvalue weighted by molar-refractivity contribution is -0.132. The molecule has 8 nitrogen and oxygen atoms in total. The molecular formula is C20H30N4O4. The highest BCUT2D eigenvalue weighted by Crippen LogP contribution is 2.32. The van der Waals surface area contributed by atoms with E-state index in [-0.39, 0.29) is 5.91 Å². The molecular weight excluding hydrogens is 360 g/mol. The van der Waals surface area contributed by atoms with E-state index in [1.807, 2.05) is 11.0 Å². The zero-order chi connectivity index (χ0) is 19.2. The van der Waals surface area contributed by atoms with E-state index in [2.05, 4.69) is 27.2 Å². The summed E-state index contributed by atoms with van der Waals surface area (Å²) in [5.74, 6) is 1.85. The van der Waals surface area contributed by atoms with Gasteiger partial charge in [0.15, 0.2) is 11.5 Å². The van der Waals surface area contributed by atoms with Crippen molar-refractivity contribution in [3.63, 3.8) is 0 Å². The molecule has 1 amide bonds. The minimum absolute atomic E-state index is 0.199. The fourth-order valence-corrected chi connectivity index (χ4v) is 3.82. The molecule has 0 aromatic heterocycles. The summed E-state index contributed by atoms with van der Waals surface area (Å²) >= 11 is 0. The lowest BCUT2D eigenvalue weighted by atomic mass is 10.1. The Kier molecular flexibility index (Phi) is 6.64. The molecule has 2 fully saturated rings. The van der Waals surface area contributed by atoms with Gasteiger partial charge in [-0.25, -0.2) is 0 Å². The van der Waals surface area contributed by atoms with Crippen LogP contribution in [0.4, 0.5) is 0 Å². The number of piperazine rings is 1. The van der Waals surface area contributed by atoms with E-state index in [9.17, 15) is 4.79 Å². The highest BCUT2D eigenvalue weighted by atomic mass is 16.7. The quantitative estimate of drug-likeness (QED) is 0.657. The van der Waals surface area contributed by atoms with Gasteiger partial charge in [-0.15, -0.1) is 0 Å². The van der Waals surface area contributed by atoms with Crippen molar-refractivity contribution in [1.29, 1.82) is 0 Å². The maximum Gasteiger partial charge on any atom is 0.236 e. The molecule has 3 aliphatic rings. The lowest BCUT2D eigenvalue weighted by Crippen LogP contribution is -2.50. The summed E-state index contributed by atoms with van der Waals surface area (Å²) in [4.78, 5) is 19.1. The predicted molar refractivity (Wildman–Crippen MR) is 105 cm³/mol. The predicted octanol–water partition coefficient (Wildman–Crippen LogP) is -0.0187. The van der Waals surface area contributed by atoms with E-state index in [1.165, 1.54) is 5.56 Å². The molecule has 1 aromatic rings. The fraction of sp³-hybridized carbons (Fsp3) is 0.650. The number of fused-ring (bicyclic) bond motifs is 1. The third kappa shape index (κ3) is 5.14. The second-order valence-electron chi connectivity index (χ2n) is 7.48. The van der Waals surface area contributed by atoms with Gasteiger partial charge in [0, 0.05) is 58.9 Å². The zero-order valence-electron chi connectivity index (χ0n) is 16.4. The molecule has 0 aliphatic carbocycles. The molecule has 0 saturated carbocycles. The largest absolute Gasteiger partial charge is 0.454 e. The summed E-state index contributed by atoms with van der Waals surface area (Å²) in [5, 5.41) is 3.29. The van der Waals surface area contributed by atoms with Crippen LogP contribution in [0.3, 0.4) is 0 Å². The van der Waals surface area contributed by atoms with E-state index in [4.69, 9.17) is 14.2 Å². The van der Waals surface area contributed by atoms with Crippen molar-refractivity contribution >= 4 is 5.91 Å². The number of rotatable bonds is 7. The monoisotopic (exact) mass is 390 g/mol. The third-order valence-corrected chi connectivity index (χ3v) is 5.55. The molecule has 154 valence electrons. The molecule has 0 spiro atoms. The lowest BCUT2D eigenvalue weighted by Gasteiger charge is -2.35. The van der Waals surface area contributed by atoms with E-state index >= 15 is 0 Å². The van der Waals surface area contributed by atoms with Gasteiger partial charge in [-0.05, 0) is 17.7 Å². The number of hydrogen-bond acceptors (Lipinski definition) is 7. The summed E-state index contributed by atoms with van der Waals surface area (Å²) in [6.07, 6.45) is 0. The van der Waals surface area contributed by atoms with Crippen molar-refractivity contribution in [3.8, 4) is 11.5 Å². The molecule has 1 N–H and O–H groups in total. The van der Waals surface area contributed by atoms with Gasteiger partial charge < -0.3 is 24.4 Å². The van der Waals surface area contributed by atoms with Crippen LogP contribution in [0.5, 0.6) is 11.5 Å². The zero-order valence-corrected chi connectivity index (χ0v) is 16.4. The van der Waals surface area contributed by atoms with Crippen molar-refractivity contribution in [3.05, 3.63) is 23.8 Å². The van der Waals surface area contributed by atoms with E-state index < -0.39 is 0 Å². The van der Waals surface area contributed by atoms with Crippen LogP contribution in [0.2, 0.25) is 0 Å². The van der Waals surface area contributed by atoms with Crippen molar-refractivity contribution < 1.29 is 19.0 Å². The fourth-order valence-electron chi connectivity index (χ4n) is 3.82. The third-order valence-electron chi connectivity index (χ3n) is 5.55. The summed E-state index contributed by atoms with van der Waals surface area (Å²) in [6, 6.07) is 6.11. The Labute approximate surface area is 166 Å². The van der Waals surface area contributed by atoms with Gasteiger partial charge in [-0.3, -0.25) is 14.6 Å². The number of nitrogens with zero attached hydrogens (tertiary/aromatic N) is 3. The molecule has 0 bridgehead atoms. The number of carbonyl (C=O) groups excluding carboxylic acids is 1. The number of nitrogens with one attached hydrogen (secondary N) is 1. The first kappa shape index (κ1) is 19.4. The van der Waals surface area contributed by atoms with Crippen LogP contribution in [0.15, 0.2) is 18.2 Å². The molecule has 3 heterocycles. The smallest absolute Gasteiger partial charge is 0.236 e. The number of amides is 1. The maximum absolute atomic E-state index is 12.4. The van der Waals surface area contributed by atoms with E-state index in [0.717, 1.165) is 83.6 Å².